The number of fused-ring (bicyclic) bond motifs is 1. The van der Waals surface area contributed by atoms with Crippen molar-refractivity contribution in [2.45, 2.75) is 59.0 Å². The zero-order valence-electron chi connectivity index (χ0n) is 13.9. The van der Waals surface area contributed by atoms with Crippen LogP contribution in [0, 0.1) is 11.8 Å². The van der Waals surface area contributed by atoms with Crippen LogP contribution in [0.5, 0.6) is 0 Å². The minimum absolute atomic E-state index is 0.0422. The first-order valence-electron chi connectivity index (χ1n) is 8.53. The highest BCUT2D eigenvalue weighted by molar-refractivity contribution is 5.74. The molecule has 0 bridgehead atoms. The van der Waals surface area contributed by atoms with Gasteiger partial charge in [0.15, 0.2) is 5.82 Å². The third-order valence-electron chi connectivity index (χ3n) is 4.81. The lowest BCUT2D eigenvalue weighted by atomic mass is 10.0. The number of aromatic nitrogens is 3. The van der Waals surface area contributed by atoms with Crippen molar-refractivity contribution in [3.8, 4) is 0 Å². The zero-order chi connectivity index (χ0) is 15.7. The Morgan fingerprint density at radius 2 is 2.09 bits per heavy atom. The molecule has 0 spiro atoms. The Kier molecular flexibility index (Phi) is 4.36. The molecule has 0 aliphatic carbocycles. The van der Waals surface area contributed by atoms with Gasteiger partial charge in [0.1, 0.15) is 5.82 Å². The van der Waals surface area contributed by atoms with Crippen LogP contribution in [0.4, 0.5) is 4.79 Å². The maximum absolute atomic E-state index is 12.6. The van der Waals surface area contributed by atoms with Crippen molar-refractivity contribution in [3.05, 3.63) is 11.6 Å². The van der Waals surface area contributed by atoms with Gasteiger partial charge in [-0.25, -0.2) is 4.79 Å². The van der Waals surface area contributed by atoms with Crippen LogP contribution in [0.3, 0.4) is 0 Å². The van der Waals surface area contributed by atoms with Gasteiger partial charge >= 0.3 is 6.03 Å². The van der Waals surface area contributed by atoms with Crippen LogP contribution in [-0.2, 0) is 13.0 Å². The summed E-state index contributed by atoms with van der Waals surface area (Å²) in [5, 5.41) is 11.8. The topological polar surface area (TPSA) is 63.1 Å². The number of hydrogen-bond donors (Lipinski definition) is 1. The van der Waals surface area contributed by atoms with Crippen molar-refractivity contribution in [1.29, 1.82) is 0 Å². The lowest BCUT2D eigenvalue weighted by molar-refractivity contribution is 0.162. The molecular formula is C16H27N5O. The van der Waals surface area contributed by atoms with Gasteiger partial charge in [-0.05, 0) is 31.1 Å². The van der Waals surface area contributed by atoms with Gasteiger partial charge in [-0.1, -0.05) is 20.8 Å². The first-order chi connectivity index (χ1) is 10.6. The molecule has 22 heavy (non-hydrogen) atoms. The van der Waals surface area contributed by atoms with E-state index in [2.05, 4.69) is 40.9 Å². The Hall–Kier alpha value is -1.59. The van der Waals surface area contributed by atoms with E-state index in [0.717, 1.165) is 50.5 Å². The molecule has 122 valence electrons. The van der Waals surface area contributed by atoms with E-state index in [0.29, 0.717) is 11.8 Å². The molecule has 1 saturated heterocycles. The van der Waals surface area contributed by atoms with Crippen LogP contribution in [0.15, 0.2) is 0 Å². The molecule has 0 unspecified atom stereocenters. The fourth-order valence-electron chi connectivity index (χ4n) is 3.53. The zero-order valence-corrected chi connectivity index (χ0v) is 13.9. The third kappa shape index (κ3) is 2.96. The largest absolute Gasteiger partial charge is 0.328 e. The number of urea groups is 1. The SMILES string of the molecule is CC(C)[C@@H](NC(=O)N1CCC[C@@H](C)C1)c1nnc2n1CCC2. The summed E-state index contributed by atoms with van der Waals surface area (Å²) in [5.74, 6) is 2.86. The van der Waals surface area contributed by atoms with E-state index >= 15 is 0 Å². The summed E-state index contributed by atoms with van der Waals surface area (Å²) in [6.45, 7) is 9.15. The third-order valence-corrected chi connectivity index (χ3v) is 4.81. The molecule has 1 aromatic heterocycles. The number of likely N-dealkylation sites (tertiary alicyclic amines) is 1. The fraction of sp³-hybridized carbons (Fsp3) is 0.812. The lowest BCUT2D eigenvalue weighted by Gasteiger charge is -2.33. The summed E-state index contributed by atoms with van der Waals surface area (Å²) in [6, 6.07) is -0.0234. The highest BCUT2D eigenvalue weighted by Crippen LogP contribution is 2.25. The van der Waals surface area contributed by atoms with Gasteiger partial charge in [0.05, 0.1) is 6.04 Å². The van der Waals surface area contributed by atoms with Crippen molar-refractivity contribution in [2.24, 2.45) is 11.8 Å². The predicted octanol–water partition coefficient (Wildman–Crippen LogP) is 2.36. The fourth-order valence-corrected chi connectivity index (χ4v) is 3.53. The average Bonchev–Trinajstić information content (AvgIpc) is 3.07. The molecular weight excluding hydrogens is 278 g/mol. The molecule has 0 radical (unpaired) electrons. The second-order valence-corrected chi connectivity index (χ2v) is 7.09. The minimum atomic E-state index is -0.0657. The van der Waals surface area contributed by atoms with Crippen LogP contribution in [-0.4, -0.2) is 38.8 Å². The Labute approximate surface area is 132 Å². The molecule has 0 aromatic carbocycles. The van der Waals surface area contributed by atoms with Gasteiger partial charge in [-0.15, -0.1) is 10.2 Å². The first kappa shape index (κ1) is 15.3. The van der Waals surface area contributed by atoms with Crippen molar-refractivity contribution in [3.63, 3.8) is 0 Å². The Bertz CT molecular complexity index is 539. The molecule has 2 aliphatic rings. The lowest BCUT2D eigenvalue weighted by Crippen LogP contribution is -2.47. The molecule has 1 N–H and O–H groups in total. The number of amides is 2. The van der Waals surface area contributed by atoms with E-state index in [1.165, 1.54) is 6.42 Å². The monoisotopic (exact) mass is 305 g/mol. The van der Waals surface area contributed by atoms with Gasteiger partial charge in [-0.2, -0.15) is 0 Å². The molecule has 2 aliphatic heterocycles. The van der Waals surface area contributed by atoms with E-state index in [-0.39, 0.29) is 12.1 Å². The number of carbonyl (C=O) groups is 1. The van der Waals surface area contributed by atoms with E-state index in [9.17, 15) is 4.79 Å². The van der Waals surface area contributed by atoms with Gasteiger partial charge < -0.3 is 14.8 Å². The van der Waals surface area contributed by atoms with Gasteiger partial charge in [0.2, 0.25) is 0 Å². The number of piperidine rings is 1. The number of nitrogens with zero attached hydrogens (tertiary/aromatic N) is 4. The van der Waals surface area contributed by atoms with Crippen LogP contribution in [0.1, 0.15) is 57.7 Å². The van der Waals surface area contributed by atoms with Gasteiger partial charge in [-0.3, -0.25) is 0 Å². The van der Waals surface area contributed by atoms with Crippen molar-refractivity contribution < 1.29 is 4.79 Å². The van der Waals surface area contributed by atoms with Crippen molar-refractivity contribution in [2.75, 3.05) is 13.1 Å². The quantitative estimate of drug-likeness (QED) is 0.932. The summed E-state index contributed by atoms with van der Waals surface area (Å²) in [4.78, 5) is 14.6. The molecule has 6 nitrogen and oxygen atoms in total. The Morgan fingerprint density at radius 1 is 1.27 bits per heavy atom. The summed E-state index contributed by atoms with van der Waals surface area (Å²) < 4.78 is 2.18. The molecule has 6 heteroatoms. The predicted molar refractivity (Wildman–Crippen MR) is 84.4 cm³/mol. The van der Waals surface area contributed by atoms with Crippen LogP contribution in [0.2, 0.25) is 0 Å². The van der Waals surface area contributed by atoms with E-state index in [1.807, 2.05) is 4.90 Å². The highest BCUT2D eigenvalue weighted by atomic mass is 16.2. The van der Waals surface area contributed by atoms with Crippen LogP contribution >= 0.6 is 0 Å². The highest BCUT2D eigenvalue weighted by Gasteiger charge is 2.30. The first-order valence-corrected chi connectivity index (χ1v) is 8.53. The second-order valence-electron chi connectivity index (χ2n) is 7.09. The van der Waals surface area contributed by atoms with Gasteiger partial charge in [0.25, 0.3) is 0 Å². The smallest absolute Gasteiger partial charge is 0.318 e. The molecule has 0 saturated carbocycles. The summed E-state index contributed by atoms with van der Waals surface area (Å²) in [7, 11) is 0. The van der Waals surface area contributed by atoms with E-state index in [4.69, 9.17) is 0 Å². The molecule has 1 fully saturated rings. The Morgan fingerprint density at radius 3 is 2.82 bits per heavy atom. The standard InChI is InChI=1S/C16H27N5O/c1-11(2)14(15-19-18-13-7-5-9-21(13)15)17-16(22)20-8-4-6-12(3)10-20/h11-12,14H,4-10H2,1-3H3,(H,17,22)/t12-,14-/m1/s1. The van der Waals surface area contributed by atoms with E-state index in [1.54, 1.807) is 0 Å². The molecule has 3 heterocycles. The summed E-state index contributed by atoms with van der Waals surface area (Å²) >= 11 is 0. The van der Waals surface area contributed by atoms with E-state index < -0.39 is 0 Å². The number of aryl methyl sites for hydroxylation is 1. The van der Waals surface area contributed by atoms with Gasteiger partial charge in [0, 0.05) is 26.1 Å². The summed E-state index contributed by atoms with van der Waals surface area (Å²) in [6.07, 6.45) is 4.44. The normalized spacial score (nSPS) is 22.7. The second kappa shape index (κ2) is 6.26. The van der Waals surface area contributed by atoms with Crippen LogP contribution < -0.4 is 5.32 Å². The maximum Gasteiger partial charge on any atom is 0.318 e. The molecule has 2 atom stereocenters. The van der Waals surface area contributed by atoms with Crippen molar-refractivity contribution >= 4 is 6.03 Å². The molecule has 1 aromatic rings. The van der Waals surface area contributed by atoms with Crippen LogP contribution in [0.25, 0.3) is 0 Å². The number of rotatable bonds is 3. The minimum Gasteiger partial charge on any atom is -0.328 e. The van der Waals surface area contributed by atoms with Crippen molar-refractivity contribution in [1.82, 2.24) is 25.0 Å². The molecule has 2 amide bonds. The maximum atomic E-state index is 12.6. The molecule has 3 rings (SSSR count). The Balaban J connectivity index is 1.73. The number of nitrogens with one attached hydrogen (secondary N) is 1. The number of hydrogen-bond acceptors (Lipinski definition) is 3. The average molecular weight is 305 g/mol. The number of carbonyl (C=O) groups excluding carboxylic acids is 1. The summed E-state index contributed by atoms with van der Waals surface area (Å²) in [5.41, 5.74) is 0.